The fourth-order valence-corrected chi connectivity index (χ4v) is 3.49. The Morgan fingerprint density at radius 2 is 2.03 bits per heavy atom. The van der Waals surface area contributed by atoms with E-state index in [1.54, 1.807) is 18.7 Å². The maximum absolute atomic E-state index is 14.7. The lowest BCUT2D eigenvalue weighted by Gasteiger charge is -2.30. The Bertz CT molecular complexity index is 1330. The zero-order valence-corrected chi connectivity index (χ0v) is 17.4. The van der Waals surface area contributed by atoms with Gasteiger partial charge in [0.1, 0.15) is 17.5 Å². The van der Waals surface area contributed by atoms with E-state index in [1.807, 2.05) is 10.2 Å². The Hall–Kier alpha value is -4.22. The number of benzene rings is 1. The van der Waals surface area contributed by atoms with Crippen molar-refractivity contribution in [3.05, 3.63) is 47.4 Å². The second kappa shape index (κ2) is 8.13. The molecule has 2 aromatic heterocycles. The molecule has 3 aromatic rings. The van der Waals surface area contributed by atoms with E-state index >= 15 is 0 Å². The lowest BCUT2D eigenvalue weighted by Crippen LogP contribution is -2.27. The van der Waals surface area contributed by atoms with Crippen LogP contribution in [0.2, 0.25) is 0 Å². The average molecular weight is 442 g/mol. The van der Waals surface area contributed by atoms with E-state index in [0.717, 1.165) is 6.20 Å². The van der Waals surface area contributed by atoms with Gasteiger partial charge in [0.2, 0.25) is 0 Å². The Labute approximate surface area is 187 Å². The van der Waals surface area contributed by atoms with Gasteiger partial charge in [-0.05, 0) is 13.0 Å². The number of pyridine rings is 1. The molecule has 4 N–H and O–H groups in total. The quantitative estimate of drug-likeness (QED) is 0.486. The number of aromatic nitrogens is 4. The molecule has 11 nitrogen and oxygen atoms in total. The number of carbonyl (C=O) groups excluding carboxylic acids is 2. The molecule has 166 valence electrons. The van der Waals surface area contributed by atoms with Crippen molar-refractivity contribution in [1.82, 2.24) is 30.4 Å². The molecule has 1 aromatic carbocycles. The van der Waals surface area contributed by atoms with Gasteiger partial charge in [-0.15, -0.1) is 0 Å². The minimum absolute atomic E-state index is 0.0742. The van der Waals surface area contributed by atoms with Crippen molar-refractivity contribution < 1.29 is 18.1 Å². The number of nitrogens with one attached hydrogen (secondary N) is 4. The van der Waals surface area contributed by atoms with Crippen LogP contribution in [0.5, 0.6) is 0 Å². The van der Waals surface area contributed by atoms with E-state index in [-0.39, 0.29) is 22.8 Å². The van der Waals surface area contributed by atoms with Crippen LogP contribution in [0.25, 0.3) is 5.69 Å². The molecule has 32 heavy (non-hydrogen) atoms. The van der Waals surface area contributed by atoms with E-state index in [0.29, 0.717) is 29.6 Å². The number of anilines is 4. The monoisotopic (exact) mass is 442 g/mol. The number of carbonyl (C=O) groups is 2. The van der Waals surface area contributed by atoms with Gasteiger partial charge in [-0.2, -0.15) is 5.10 Å². The van der Waals surface area contributed by atoms with Gasteiger partial charge >= 0.3 is 6.03 Å². The van der Waals surface area contributed by atoms with Gasteiger partial charge in [0.05, 0.1) is 34.9 Å². The molecule has 0 aliphatic carbocycles. The van der Waals surface area contributed by atoms with Gasteiger partial charge in [0.25, 0.3) is 5.91 Å². The molecule has 0 saturated carbocycles. The fourth-order valence-electron chi connectivity index (χ4n) is 3.49. The molecular formula is C20H22FN9O2. The van der Waals surface area contributed by atoms with Crippen molar-refractivity contribution >= 4 is 34.8 Å². The molecule has 0 saturated heterocycles. The summed E-state index contributed by atoms with van der Waals surface area (Å²) in [5.74, 6) is -0.272. The van der Waals surface area contributed by atoms with E-state index < -0.39 is 24.7 Å². The number of aryl methyl sites for hydroxylation is 1. The summed E-state index contributed by atoms with van der Waals surface area (Å²) in [5, 5.41) is 14.1. The summed E-state index contributed by atoms with van der Waals surface area (Å²) < 4.78 is 38.3. The topological polar surface area (TPSA) is 129 Å². The zero-order valence-electron chi connectivity index (χ0n) is 20.4. The number of amides is 3. The first-order valence-electron chi connectivity index (χ1n) is 11.0. The van der Waals surface area contributed by atoms with E-state index in [9.17, 15) is 14.0 Å². The maximum atomic E-state index is 14.7. The number of fused-ring (bicyclic) bond motifs is 3. The molecule has 0 radical (unpaired) electrons. The van der Waals surface area contributed by atoms with E-state index in [1.165, 1.54) is 25.2 Å². The molecular weight excluding hydrogens is 417 g/mol. The largest absolute Gasteiger partial charge is 0.364 e. The first-order chi connectivity index (χ1) is 16.4. The molecule has 12 heteroatoms. The SMILES string of the molecule is [2H]C([2H])([2H])NC(=O)c1cnc(NC(=O)NC)cc1Nc1cc(F)cc2c1N(C)Cc1nc(C)nn1-2. The molecule has 3 amide bonds. The lowest BCUT2D eigenvalue weighted by molar-refractivity contribution is 0.0963. The lowest BCUT2D eigenvalue weighted by atomic mass is 10.1. The summed E-state index contributed by atoms with van der Waals surface area (Å²) in [6, 6.07) is 3.35. The first kappa shape index (κ1) is 17.5. The highest BCUT2D eigenvalue weighted by molar-refractivity contribution is 6.01. The van der Waals surface area contributed by atoms with Crippen molar-refractivity contribution in [3.8, 4) is 5.69 Å². The second-order valence-corrected chi connectivity index (χ2v) is 7.06. The van der Waals surface area contributed by atoms with Crippen molar-refractivity contribution in [3.63, 3.8) is 0 Å². The summed E-state index contributed by atoms with van der Waals surface area (Å²) in [4.78, 5) is 34.7. The highest BCUT2D eigenvalue weighted by Crippen LogP contribution is 2.39. The minimum atomic E-state index is -2.74. The molecule has 0 atom stereocenters. The number of hydrogen-bond acceptors (Lipinski definition) is 7. The summed E-state index contributed by atoms with van der Waals surface area (Å²) >= 11 is 0. The number of urea groups is 1. The Morgan fingerprint density at radius 1 is 1.22 bits per heavy atom. The first-order valence-corrected chi connectivity index (χ1v) is 9.51. The molecule has 0 fully saturated rings. The highest BCUT2D eigenvalue weighted by atomic mass is 19.1. The Morgan fingerprint density at radius 3 is 2.78 bits per heavy atom. The van der Waals surface area contributed by atoms with Gasteiger partial charge in [-0.1, -0.05) is 0 Å². The predicted molar refractivity (Wildman–Crippen MR) is 117 cm³/mol. The number of hydrogen-bond donors (Lipinski definition) is 4. The normalized spacial score (nSPS) is 13.8. The standard InChI is InChI=1S/C20H22FN9O2/c1-10-25-17-9-29(4)18-14(5-11(21)6-15(18)30(17)28-10)26-13-7-16(27-20(32)23-3)24-8-12(13)19(31)22-2/h5-8H,9H2,1-4H3,(H,22,31)(H3,23,24,26,27,32)/i2D3. The van der Waals surface area contributed by atoms with Crippen LogP contribution in [-0.2, 0) is 6.54 Å². The molecule has 0 unspecified atom stereocenters. The predicted octanol–water partition coefficient (Wildman–Crippen LogP) is 1.91. The molecule has 0 spiro atoms. The van der Waals surface area contributed by atoms with Crippen LogP contribution >= 0.6 is 0 Å². The summed E-state index contributed by atoms with van der Waals surface area (Å²) in [7, 11) is 3.21. The van der Waals surface area contributed by atoms with Gasteiger partial charge in [-0.3, -0.25) is 10.1 Å². The maximum Gasteiger partial charge on any atom is 0.320 e. The molecule has 4 rings (SSSR count). The van der Waals surface area contributed by atoms with Crippen LogP contribution in [-0.4, -0.2) is 52.8 Å². The van der Waals surface area contributed by atoms with Crippen LogP contribution < -0.4 is 26.2 Å². The van der Waals surface area contributed by atoms with Crippen LogP contribution in [0.1, 0.15) is 26.1 Å². The van der Waals surface area contributed by atoms with Crippen molar-refractivity contribution in [1.29, 1.82) is 0 Å². The van der Waals surface area contributed by atoms with Crippen molar-refractivity contribution in [2.24, 2.45) is 0 Å². The summed E-state index contributed by atoms with van der Waals surface area (Å²) in [6.07, 6.45) is 1.11. The van der Waals surface area contributed by atoms with Crippen molar-refractivity contribution in [2.75, 3.05) is 36.6 Å². The smallest absolute Gasteiger partial charge is 0.320 e. The fraction of sp³-hybridized carbons (Fsp3) is 0.250. The van der Waals surface area contributed by atoms with Gasteiger partial charge in [0, 0.05) is 43.5 Å². The van der Waals surface area contributed by atoms with Gasteiger partial charge < -0.3 is 20.9 Å². The van der Waals surface area contributed by atoms with Gasteiger partial charge in [0.15, 0.2) is 5.82 Å². The molecule has 3 heterocycles. The van der Waals surface area contributed by atoms with Crippen LogP contribution in [0.4, 0.5) is 32.1 Å². The number of halogens is 1. The zero-order chi connectivity index (χ0) is 25.5. The number of rotatable bonds is 4. The Kier molecular flexibility index (Phi) is 4.44. The van der Waals surface area contributed by atoms with Crippen LogP contribution in [0.15, 0.2) is 24.4 Å². The third-order valence-electron chi connectivity index (χ3n) is 4.82. The second-order valence-electron chi connectivity index (χ2n) is 7.06. The minimum Gasteiger partial charge on any atom is -0.364 e. The summed E-state index contributed by atoms with van der Waals surface area (Å²) in [6.45, 7) is -0.620. The van der Waals surface area contributed by atoms with E-state index in [2.05, 4.69) is 31.0 Å². The molecule has 0 bridgehead atoms. The van der Waals surface area contributed by atoms with Crippen LogP contribution in [0.3, 0.4) is 0 Å². The van der Waals surface area contributed by atoms with E-state index in [4.69, 9.17) is 4.11 Å². The molecule has 1 aliphatic rings. The van der Waals surface area contributed by atoms with Crippen LogP contribution in [0, 0.1) is 12.7 Å². The summed E-state index contributed by atoms with van der Waals surface area (Å²) in [5.41, 5.74) is 1.25. The third-order valence-corrected chi connectivity index (χ3v) is 4.82. The third kappa shape index (κ3) is 3.77. The average Bonchev–Trinajstić information content (AvgIpc) is 3.12. The highest BCUT2D eigenvalue weighted by Gasteiger charge is 2.27. The van der Waals surface area contributed by atoms with Crippen molar-refractivity contribution in [2.45, 2.75) is 13.5 Å². The van der Waals surface area contributed by atoms with Gasteiger partial charge in [-0.25, -0.2) is 23.8 Å². The molecule has 1 aliphatic heterocycles. The Balaban J connectivity index is 1.82. The number of nitrogens with zero attached hydrogens (tertiary/aromatic N) is 5.